The lowest BCUT2D eigenvalue weighted by Crippen LogP contribution is -2.44. The highest BCUT2D eigenvalue weighted by Crippen LogP contribution is 2.23. The number of aromatic nitrogens is 2. The lowest BCUT2D eigenvalue weighted by atomic mass is 9.95. The largest absolute Gasteiger partial charge is 0.342 e. The number of amides is 2. The molecular weight excluding hydrogens is 448 g/mol. The van der Waals surface area contributed by atoms with Gasteiger partial charge in [-0.1, -0.05) is 42.6 Å². The van der Waals surface area contributed by atoms with Crippen molar-refractivity contribution in [2.24, 2.45) is 5.92 Å². The van der Waals surface area contributed by atoms with Crippen LogP contribution in [0.5, 0.6) is 0 Å². The molecule has 2 fully saturated rings. The van der Waals surface area contributed by atoms with Crippen LogP contribution in [0.2, 0.25) is 5.02 Å². The number of rotatable bonds is 5. The van der Waals surface area contributed by atoms with E-state index in [1.165, 1.54) is 12.8 Å². The number of halogens is 1. The lowest BCUT2D eigenvalue weighted by Gasteiger charge is -2.33. The molecule has 0 N–H and O–H groups in total. The van der Waals surface area contributed by atoms with Crippen molar-refractivity contribution in [1.82, 2.24) is 19.6 Å². The van der Waals surface area contributed by atoms with Gasteiger partial charge in [0.15, 0.2) is 0 Å². The first kappa shape index (κ1) is 24.5. The van der Waals surface area contributed by atoms with Gasteiger partial charge in [0.05, 0.1) is 12.2 Å². The van der Waals surface area contributed by atoms with Gasteiger partial charge in [-0.15, -0.1) is 0 Å². The van der Waals surface area contributed by atoms with Gasteiger partial charge in [0.2, 0.25) is 11.8 Å². The first-order valence-electron chi connectivity index (χ1n) is 12.5. The molecule has 2 aliphatic heterocycles. The molecule has 3 heterocycles. The number of carbonyl (C=O) groups is 2. The lowest BCUT2D eigenvalue weighted by molar-refractivity contribution is -0.139. The first-order chi connectivity index (χ1) is 16.4. The van der Waals surface area contributed by atoms with Crippen LogP contribution in [0.25, 0.3) is 6.08 Å². The third-order valence-electron chi connectivity index (χ3n) is 7.18. The van der Waals surface area contributed by atoms with Crippen molar-refractivity contribution in [1.29, 1.82) is 0 Å². The highest BCUT2D eigenvalue weighted by atomic mass is 35.5. The van der Waals surface area contributed by atoms with Crippen molar-refractivity contribution in [2.75, 3.05) is 26.2 Å². The molecule has 2 saturated heterocycles. The van der Waals surface area contributed by atoms with Crippen molar-refractivity contribution < 1.29 is 9.59 Å². The normalized spacial score (nSPS) is 17.9. The van der Waals surface area contributed by atoms with Crippen LogP contribution < -0.4 is 0 Å². The van der Waals surface area contributed by atoms with Crippen molar-refractivity contribution in [3.63, 3.8) is 0 Å². The molecule has 0 unspecified atom stereocenters. The maximum absolute atomic E-state index is 12.9. The first-order valence-corrected chi connectivity index (χ1v) is 12.8. The molecule has 6 nitrogen and oxygen atoms in total. The summed E-state index contributed by atoms with van der Waals surface area (Å²) < 4.78 is 1.93. The number of likely N-dealkylation sites (tertiary alicyclic amines) is 2. The predicted molar refractivity (Wildman–Crippen MR) is 136 cm³/mol. The number of nitrogens with zero attached hydrogens (tertiary/aromatic N) is 4. The van der Waals surface area contributed by atoms with Gasteiger partial charge >= 0.3 is 0 Å². The highest BCUT2D eigenvalue weighted by molar-refractivity contribution is 6.31. The number of aryl methyl sites for hydroxylation is 1. The van der Waals surface area contributed by atoms with Crippen LogP contribution in [0.15, 0.2) is 30.3 Å². The van der Waals surface area contributed by atoms with E-state index in [0.29, 0.717) is 25.5 Å². The number of piperidine rings is 1. The van der Waals surface area contributed by atoms with Gasteiger partial charge in [-0.05, 0) is 57.2 Å². The van der Waals surface area contributed by atoms with Gasteiger partial charge in [-0.2, -0.15) is 5.10 Å². The van der Waals surface area contributed by atoms with Gasteiger partial charge < -0.3 is 9.80 Å². The average molecular weight is 483 g/mol. The molecule has 4 rings (SSSR count). The molecule has 0 radical (unpaired) electrons. The van der Waals surface area contributed by atoms with Gasteiger partial charge in [0, 0.05) is 54.5 Å². The summed E-state index contributed by atoms with van der Waals surface area (Å²) in [4.78, 5) is 29.7. The second-order valence-electron chi connectivity index (χ2n) is 9.51. The molecule has 182 valence electrons. The summed E-state index contributed by atoms with van der Waals surface area (Å²) in [6.07, 6.45) is 9.70. The van der Waals surface area contributed by atoms with Crippen molar-refractivity contribution in [2.45, 2.75) is 58.9 Å². The number of carbonyl (C=O) groups excluding carboxylic acids is 2. The minimum Gasteiger partial charge on any atom is -0.342 e. The summed E-state index contributed by atoms with van der Waals surface area (Å²) in [5.41, 5.74) is 3.86. The minimum absolute atomic E-state index is 0.00155. The molecular formula is C27H35ClN4O2. The van der Waals surface area contributed by atoms with Crippen LogP contribution in [0, 0.1) is 19.8 Å². The van der Waals surface area contributed by atoms with Crippen LogP contribution in [-0.2, 0) is 16.1 Å². The Labute approximate surface area is 207 Å². The van der Waals surface area contributed by atoms with E-state index < -0.39 is 0 Å². The zero-order valence-electron chi connectivity index (χ0n) is 20.3. The summed E-state index contributed by atoms with van der Waals surface area (Å²) >= 11 is 6.31. The Morgan fingerprint density at radius 1 is 1.00 bits per heavy atom. The maximum Gasteiger partial charge on any atom is 0.246 e. The monoisotopic (exact) mass is 482 g/mol. The quantitative estimate of drug-likeness (QED) is 0.572. The van der Waals surface area contributed by atoms with E-state index in [1.54, 1.807) is 6.08 Å². The van der Waals surface area contributed by atoms with E-state index >= 15 is 0 Å². The van der Waals surface area contributed by atoms with Crippen LogP contribution in [0.3, 0.4) is 0 Å². The smallest absolute Gasteiger partial charge is 0.246 e. The Bertz CT molecular complexity index is 1040. The predicted octanol–water partition coefficient (Wildman–Crippen LogP) is 4.86. The minimum atomic E-state index is -0.00155. The van der Waals surface area contributed by atoms with E-state index in [0.717, 1.165) is 66.3 Å². The fraction of sp³-hybridized carbons (Fsp3) is 0.519. The summed E-state index contributed by atoms with van der Waals surface area (Å²) in [6, 6.07) is 7.77. The molecule has 2 amide bonds. The van der Waals surface area contributed by atoms with Crippen LogP contribution >= 0.6 is 11.6 Å². The van der Waals surface area contributed by atoms with Gasteiger partial charge in [-0.3, -0.25) is 14.3 Å². The van der Waals surface area contributed by atoms with Gasteiger partial charge in [-0.25, -0.2) is 0 Å². The molecule has 0 aliphatic carbocycles. The molecule has 1 aromatic heterocycles. The third-order valence-corrected chi connectivity index (χ3v) is 7.55. The average Bonchev–Trinajstić information content (AvgIpc) is 3.02. The second-order valence-corrected chi connectivity index (χ2v) is 9.91. The topological polar surface area (TPSA) is 58.4 Å². The SMILES string of the molecule is Cc1nn(Cc2ccccc2Cl)c(C)c1C=CC(=O)N1CCC(C(=O)N2CCCCCC2)CC1. The Hall–Kier alpha value is -2.60. The summed E-state index contributed by atoms with van der Waals surface area (Å²) in [5.74, 6) is 0.346. The van der Waals surface area contributed by atoms with E-state index in [9.17, 15) is 9.59 Å². The fourth-order valence-corrected chi connectivity index (χ4v) is 5.25. The molecule has 7 heteroatoms. The molecule has 34 heavy (non-hydrogen) atoms. The zero-order valence-corrected chi connectivity index (χ0v) is 21.1. The van der Waals surface area contributed by atoms with E-state index in [2.05, 4.69) is 10.00 Å². The fourth-order valence-electron chi connectivity index (χ4n) is 5.05. The molecule has 0 spiro atoms. The third kappa shape index (κ3) is 5.72. The number of hydrogen-bond acceptors (Lipinski definition) is 3. The standard InChI is InChI=1S/C27H35ClN4O2/c1-20-24(21(2)32(29-20)19-23-9-5-6-10-25(23)28)11-12-26(33)30-17-13-22(14-18-30)27(34)31-15-7-3-4-8-16-31/h5-6,9-12,22H,3-4,7-8,13-19H2,1-2H3. The summed E-state index contributed by atoms with van der Waals surface area (Å²) in [7, 11) is 0. The highest BCUT2D eigenvalue weighted by Gasteiger charge is 2.30. The Morgan fingerprint density at radius 3 is 2.35 bits per heavy atom. The van der Waals surface area contributed by atoms with E-state index in [4.69, 9.17) is 11.6 Å². The Kier molecular flexibility index (Phi) is 8.09. The van der Waals surface area contributed by atoms with Crippen LogP contribution in [0.1, 0.15) is 61.0 Å². The Morgan fingerprint density at radius 2 is 1.68 bits per heavy atom. The van der Waals surface area contributed by atoms with Crippen molar-refractivity contribution in [3.05, 3.63) is 57.9 Å². The molecule has 0 saturated carbocycles. The molecule has 0 bridgehead atoms. The van der Waals surface area contributed by atoms with Crippen molar-refractivity contribution >= 4 is 29.5 Å². The molecule has 1 aromatic carbocycles. The van der Waals surface area contributed by atoms with E-state index in [-0.39, 0.29) is 11.8 Å². The van der Waals surface area contributed by atoms with Gasteiger partial charge in [0.1, 0.15) is 0 Å². The van der Waals surface area contributed by atoms with Crippen LogP contribution in [-0.4, -0.2) is 57.6 Å². The number of hydrogen-bond donors (Lipinski definition) is 0. The summed E-state index contributed by atoms with van der Waals surface area (Å²) in [6.45, 7) is 7.62. The number of benzene rings is 1. The summed E-state index contributed by atoms with van der Waals surface area (Å²) in [5, 5.41) is 5.38. The Balaban J connectivity index is 1.34. The van der Waals surface area contributed by atoms with Gasteiger partial charge in [0.25, 0.3) is 0 Å². The molecule has 2 aromatic rings. The zero-order chi connectivity index (χ0) is 24.1. The maximum atomic E-state index is 12.9. The molecule has 2 aliphatic rings. The van der Waals surface area contributed by atoms with E-state index in [1.807, 2.05) is 53.8 Å². The van der Waals surface area contributed by atoms with Crippen molar-refractivity contribution in [3.8, 4) is 0 Å². The second kappa shape index (κ2) is 11.2. The van der Waals surface area contributed by atoms with Crippen LogP contribution in [0.4, 0.5) is 0 Å². The molecule has 0 atom stereocenters.